The van der Waals surface area contributed by atoms with E-state index in [4.69, 9.17) is 11.6 Å². The van der Waals surface area contributed by atoms with Gasteiger partial charge in [-0.2, -0.15) is 5.10 Å². The maximum absolute atomic E-state index is 13.2. The Balaban J connectivity index is 1.40. The zero-order valence-electron chi connectivity index (χ0n) is 16.7. The number of hydrogen-bond acceptors (Lipinski definition) is 9. The van der Waals surface area contributed by atoms with E-state index >= 15 is 0 Å². The summed E-state index contributed by atoms with van der Waals surface area (Å²) in [6.07, 6.45) is 1.65. The molecule has 0 bridgehead atoms. The number of carbonyl (C=O) groups excluding carboxylic acids is 1. The average molecular weight is 506 g/mol. The molecule has 4 heterocycles. The molecular formula is C19H16ClN7O2S3. The van der Waals surface area contributed by atoms with Gasteiger partial charge in [-0.25, -0.2) is 9.67 Å². The Morgan fingerprint density at radius 1 is 1.38 bits per heavy atom. The smallest absolute Gasteiger partial charge is 0.265 e. The molecule has 13 heteroatoms. The van der Waals surface area contributed by atoms with Crippen LogP contribution in [0.3, 0.4) is 0 Å². The number of amides is 1. The number of aromatic nitrogens is 6. The van der Waals surface area contributed by atoms with Crippen LogP contribution < -0.4 is 10.9 Å². The summed E-state index contributed by atoms with van der Waals surface area (Å²) in [6.45, 7) is 2.03. The van der Waals surface area contributed by atoms with Crippen molar-refractivity contribution in [2.75, 3.05) is 16.8 Å². The van der Waals surface area contributed by atoms with Gasteiger partial charge in [0.15, 0.2) is 15.1 Å². The second-order valence-corrected chi connectivity index (χ2v) is 10.8. The van der Waals surface area contributed by atoms with E-state index in [1.807, 2.05) is 19.1 Å². The van der Waals surface area contributed by atoms with Gasteiger partial charge in [0.25, 0.3) is 5.56 Å². The monoisotopic (exact) mass is 505 g/mol. The predicted molar refractivity (Wildman–Crippen MR) is 127 cm³/mol. The Labute approximate surface area is 199 Å². The second-order valence-electron chi connectivity index (χ2n) is 6.87. The molecule has 5 rings (SSSR count). The van der Waals surface area contributed by atoms with Crippen molar-refractivity contribution in [3.63, 3.8) is 0 Å². The van der Waals surface area contributed by atoms with E-state index in [-0.39, 0.29) is 23.9 Å². The molecule has 1 aliphatic heterocycles. The minimum Gasteiger partial charge on any atom is -0.300 e. The van der Waals surface area contributed by atoms with Crippen molar-refractivity contribution in [3.8, 4) is 5.69 Å². The molecule has 164 valence electrons. The number of rotatable bonds is 6. The van der Waals surface area contributed by atoms with E-state index in [9.17, 15) is 9.59 Å². The molecule has 32 heavy (non-hydrogen) atoms. The lowest BCUT2D eigenvalue weighted by atomic mass is 10.2. The van der Waals surface area contributed by atoms with E-state index in [1.54, 1.807) is 33.1 Å². The first kappa shape index (κ1) is 21.4. The van der Waals surface area contributed by atoms with Gasteiger partial charge in [0.1, 0.15) is 5.39 Å². The summed E-state index contributed by atoms with van der Waals surface area (Å²) in [5.74, 6) is 1.26. The van der Waals surface area contributed by atoms with Gasteiger partial charge in [-0.1, -0.05) is 59.5 Å². The molecule has 1 atom stereocenters. The fourth-order valence-corrected chi connectivity index (χ4v) is 6.38. The lowest BCUT2D eigenvalue weighted by Crippen LogP contribution is -2.27. The first-order chi connectivity index (χ1) is 15.5. The highest BCUT2D eigenvalue weighted by Gasteiger charge is 2.30. The van der Waals surface area contributed by atoms with Crippen LogP contribution in [0.15, 0.2) is 44.8 Å². The molecule has 4 aromatic rings. The van der Waals surface area contributed by atoms with Crippen LogP contribution in [0, 0.1) is 0 Å². The Morgan fingerprint density at radius 3 is 3.06 bits per heavy atom. The summed E-state index contributed by atoms with van der Waals surface area (Å²) < 4.78 is 4.00. The van der Waals surface area contributed by atoms with Crippen LogP contribution in [0.2, 0.25) is 5.02 Å². The van der Waals surface area contributed by atoms with Crippen LogP contribution in [-0.2, 0) is 4.79 Å². The number of benzene rings is 1. The van der Waals surface area contributed by atoms with Crippen LogP contribution in [0.1, 0.15) is 19.4 Å². The zero-order valence-corrected chi connectivity index (χ0v) is 19.9. The van der Waals surface area contributed by atoms with E-state index in [2.05, 4.69) is 25.6 Å². The van der Waals surface area contributed by atoms with Crippen LogP contribution >= 0.6 is 46.5 Å². The van der Waals surface area contributed by atoms with Gasteiger partial charge in [-0.05, 0) is 24.0 Å². The molecule has 0 radical (unpaired) electrons. The van der Waals surface area contributed by atoms with Gasteiger partial charge >= 0.3 is 0 Å². The predicted octanol–water partition coefficient (Wildman–Crippen LogP) is 3.87. The Bertz CT molecular complexity index is 1380. The second kappa shape index (κ2) is 8.85. The quantitative estimate of drug-likeness (QED) is 0.239. The van der Waals surface area contributed by atoms with E-state index in [1.165, 1.54) is 29.3 Å². The average Bonchev–Trinajstić information content (AvgIpc) is 3.48. The minimum absolute atomic E-state index is 0.144. The lowest BCUT2D eigenvalue weighted by Gasteiger charge is -2.12. The van der Waals surface area contributed by atoms with Crippen molar-refractivity contribution in [1.82, 2.24) is 29.5 Å². The number of fused-ring (bicyclic) bond motifs is 2. The minimum atomic E-state index is -0.300. The Kier molecular flexibility index (Phi) is 5.93. The highest BCUT2D eigenvalue weighted by molar-refractivity contribution is 8.01. The van der Waals surface area contributed by atoms with E-state index in [0.717, 1.165) is 15.8 Å². The number of anilines is 1. The number of halogens is 1. The third-order valence-corrected chi connectivity index (χ3v) is 7.95. The number of thioether (sulfide) groups is 2. The molecule has 0 aliphatic carbocycles. The molecule has 0 fully saturated rings. The molecular weight excluding hydrogens is 490 g/mol. The maximum atomic E-state index is 13.2. The zero-order chi connectivity index (χ0) is 22.2. The van der Waals surface area contributed by atoms with Gasteiger partial charge < -0.3 is 5.32 Å². The summed E-state index contributed by atoms with van der Waals surface area (Å²) in [4.78, 5) is 30.5. The summed E-state index contributed by atoms with van der Waals surface area (Å²) in [7, 11) is 0. The van der Waals surface area contributed by atoms with Crippen LogP contribution in [0.25, 0.3) is 16.7 Å². The van der Waals surface area contributed by atoms with Crippen LogP contribution in [0.5, 0.6) is 0 Å². The molecule has 9 nitrogen and oxygen atoms in total. The van der Waals surface area contributed by atoms with Gasteiger partial charge in [-0.15, -0.1) is 10.2 Å². The fraction of sp³-hybridized carbons (Fsp3) is 0.263. The molecule has 1 unspecified atom stereocenters. The number of hydrogen-bond donors (Lipinski definition) is 1. The van der Waals surface area contributed by atoms with Crippen molar-refractivity contribution in [1.29, 1.82) is 0 Å². The highest BCUT2D eigenvalue weighted by Crippen LogP contribution is 2.34. The molecule has 1 N–H and O–H groups in total. The summed E-state index contributed by atoms with van der Waals surface area (Å²) in [6, 6.07) is 6.90. The Hall–Kier alpha value is -2.41. The van der Waals surface area contributed by atoms with Gasteiger partial charge in [-0.3, -0.25) is 14.2 Å². The normalized spacial score (nSPS) is 15.2. The van der Waals surface area contributed by atoms with Gasteiger partial charge in [0.05, 0.1) is 17.9 Å². The fourth-order valence-electron chi connectivity index (χ4n) is 3.40. The van der Waals surface area contributed by atoms with Gasteiger partial charge in [0, 0.05) is 17.2 Å². The highest BCUT2D eigenvalue weighted by atomic mass is 35.5. The van der Waals surface area contributed by atoms with Crippen molar-refractivity contribution in [3.05, 3.63) is 45.8 Å². The van der Waals surface area contributed by atoms with E-state index in [0.29, 0.717) is 32.1 Å². The van der Waals surface area contributed by atoms with Crippen LogP contribution in [0.4, 0.5) is 5.13 Å². The molecule has 3 aromatic heterocycles. The molecule has 1 aromatic carbocycles. The third kappa shape index (κ3) is 4.03. The lowest BCUT2D eigenvalue weighted by molar-refractivity contribution is -0.116. The van der Waals surface area contributed by atoms with E-state index < -0.39 is 0 Å². The standard InChI is InChI=1S/C19H16ClN7O2S3/c1-2-30-19-25-24-17(32-19)22-14(28)7-12-9-31-18-23-15-13(16(29)26(12)18)8-21-27(15)11-5-3-4-10(20)6-11/h3-6,8,12H,2,7,9H2,1H3,(H,22,24,28). The van der Waals surface area contributed by atoms with Crippen molar-refractivity contribution >= 4 is 68.5 Å². The van der Waals surface area contributed by atoms with Crippen molar-refractivity contribution < 1.29 is 4.79 Å². The maximum Gasteiger partial charge on any atom is 0.265 e. The number of carbonyl (C=O) groups is 1. The van der Waals surface area contributed by atoms with Gasteiger partial charge in [0.2, 0.25) is 11.0 Å². The molecule has 0 saturated heterocycles. The van der Waals surface area contributed by atoms with Crippen molar-refractivity contribution in [2.45, 2.75) is 28.9 Å². The summed E-state index contributed by atoms with van der Waals surface area (Å²) >= 11 is 10.5. The molecule has 1 aliphatic rings. The van der Waals surface area contributed by atoms with Crippen LogP contribution in [-0.4, -0.2) is 46.9 Å². The number of nitrogens with zero attached hydrogens (tertiary/aromatic N) is 6. The molecule has 1 amide bonds. The summed E-state index contributed by atoms with van der Waals surface area (Å²) in [5, 5.41) is 17.2. The first-order valence-electron chi connectivity index (χ1n) is 9.68. The third-order valence-electron chi connectivity index (χ3n) is 4.77. The van der Waals surface area contributed by atoms with Crippen molar-refractivity contribution in [2.24, 2.45) is 0 Å². The largest absolute Gasteiger partial charge is 0.300 e. The number of nitrogens with one attached hydrogen (secondary N) is 1. The SMILES string of the molecule is CCSc1nnc(NC(=O)CC2CSc3nc4c(cnn4-c4cccc(Cl)c4)c(=O)n32)s1. The first-order valence-corrected chi connectivity index (χ1v) is 12.8. The molecule has 0 saturated carbocycles. The summed E-state index contributed by atoms with van der Waals surface area (Å²) in [5.41, 5.74) is 0.982. The Morgan fingerprint density at radius 2 is 2.25 bits per heavy atom. The molecule has 0 spiro atoms. The topological polar surface area (TPSA) is 108 Å².